The molecule has 2 rings (SSSR count). The van der Waals surface area contributed by atoms with Crippen LogP contribution in [0.15, 0.2) is 48.5 Å². The first-order chi connectivity index (χ1) is 7.84. The fraction of sp³-hybridized carbons (Fsp3) is 0.0769. The van der Waals surface area contributed by atoms with Crippen LogP contribution in [-0.2, 0) is 0 Å². The fourth-order valence-corrected chi connectivity index (χ4v) is 1.28. The Bertz CT molecular complexity index is 425. The minimum Gasteiger partial charge on any atom is -0.458 e. The van der Waals surface area contributed by atoms with Crippen molar-refractivity contribution in [3.8, 4) is 11.5 Å². The highest BCUT2D eigenvalue weighted by atomic mass is 35.5. The topological polar surface area (TPSA) is 18.5 Å². The van der Waals surface area contributed by atoms with E-state index in [0.717, 1.165) is 5.75 Å². The SMILES string of the molecule is Clc1ccc(OCOc2[c]cccc2)cc1. The molecule has 0 spiro atoms. The predicted octanol–water partition coefficient (Wildman–Crippen LogP) is 3.56. The summed E-state index contributed by atoms with van der Waals surface area (Å²) in [6, 6.07) is 17.4. The molecule has 2 aromatic rings. The van der Waals surface area contributed by atoms with Crippen molar-refractivity contribution in [1.82, 2.24) is 0 Å². The average molecular weight is 234 g/mol. The Morgan fingerprint density at radius 1 is 1.00 bits per heavy atom. The molecule has 0 aliphatic carbocycles. The lowest BCUT2D eigenvalue weighted by Crippen LogP contribution is -2.05. The van der Waals surface area contributed by atoms with E-state index in [9.17, 15) is 0 Å². The summed E-state index contributed by atoms with van der Waals surface area (Å²) in [5, 5.41) is 0.685. The monoisotopic (exact) mass is 233 g/mol. The molecule has 0 fully saturated rings. The first-order valence-electron chi connectivity index (χ1n) is 4.82. The molecule has 0 aromatic heterocycles. The van der Waals surface area contributed by atoms with Crippen LogP contribution in [0.3, 0.4) is 0 Å². The maximum atomic E-state index is 5.75. The molecule has 0 unspecified atom stereocenters. The van der Waals surface area contributed by atoms with E-state index in [0.29, 0.717) is 10.8 Å². The molecule has 0 saturated carbocycles. The first-order valence-corrected chi connectivity index (χ1v) is 5.20. The number of para-hydroxylation sites is 1. The summed E-state index contributed by atoms with van der Waals surface area (Å²) in [6.45, 7) is 0.155. The number of halogens is 1. The van der Waals surface area contributed by atoms with Gasteiger partial charge in [-0.25, -0.2) is 0 Å². The highest BCUT2D eigenvalue weighted by molar-refractivity contribution is 6.30. The molecule has 0 N–H and O–H groups in total. The molecule has 81 valence electrons. The molecule has 3 heteroatoms. The van der Waals surface area contributed by atoms with Gasteiger partial charge in [-0.2, -0.15) is 0 Å². The van der Waals surface area contributed by atoms with Gasteiger partial charge in [0.2, 0.25) is 6.79 Å². The van der Waals surface area contributed by atoms with Crippen LogP contribution in [0.4, 0.5) is 0 Å². The lowest BCUT2D eigenvalue weighted by Gasteiger charge is -2.07. The van der Waals surface area contributed by atoms with Crippen molar-refractivity contribution in [2.75, 3.05) is 6.79 Å². The standard InChI is InChI=1S/C13H10ClO2/c14-11-6-8-13(9-7-11)16-10-15-12-4-2-1-3-5-12/h1-4,6-9H,10H2. The molecule has 0 aliphatic rings. The molecular weight excluding hydrogens is 224 g/mol. The summed E-state index contributed by atoms with van der Waals surface area (Å²) < 4.78 is 10.7. The van der Waals surface area contributed by atoms with Crippen molar-refractivity contribution in [2.45, 2.75) is 0 Å². The van der Waals surface area contributed by atoms with Crippen molar-refractivity contribution in [3.05, 3.63) is 59.6 Å². The largest absolute Gasteiger partial charge is 0.458 e. The van der Waals surface area contributed by atoms with Crippen LogP contribution in [0.1, 0.15) is 0 Å². The minimum atomic E-state index is 0.155. The van der Waals surface area contributed by atoms with Crippen LogP contribution in [0.5, 0.6) is 11.5 Å². The van der Waals surface area contributed by atoms with Crippen molar-refractivity contribution in [2.24, 2.45) is 0 Å². The van der Waals surface area contributed by atoms with Gasteiger partial charge in [0, 0.05) is 11.1 Å². The van der Waals surface area contributed by atoms with E-state index in [1.807, 2.05) is 18.2 Å². The van der Waals surface area contributed by atoms with Crippen LogP contribution in [0, 0.1) is 6.07 Å². The zero-order valence-corrected chi connectivity index (χ0v) is 9.28. The van der Waals surface area contributed by atoms with E-state index in [4.69, 9.17) is 21.1 Å². The molecule has 0 heterocycles. The van der Waals surface area contributed by atoms with Gasteiger partial charge in [-0.1, -0.05) is 29.8 Å². The van der Waals surface area contributed by atoms with Crippen LogP contribution in [0.2, 0.25) is 5.02 Å². The van der Waals surface area contributed by atoms with Gasteiger partial charge >= 0.3 is 0 Å². The second-order valence-electron chi connectivity index (χ2n) is 3.09. The van der Waals surface area contributed by atoms with E-state index in [1.54, 1.807) is 30.3 Å². The second-order valence-corrected chi connectivity index (χ2v) is 3.52. The zero-order valence-electron chi connectivity index (χ0n) is 8.52. The minimum absolute atomic E-state index is 0.155. The van der Waals surface area contributed by atoms with Crippen LogP contribution < -0.4 is 9.47 Å². The third-order valence-corrected chi connectivity index (χ3v) is 2.19. The smallest absolute Gasteiger partial charge is 0.230 e. The summed E-state index contributed by atoms with van der Waals surface area (Å²) in [7, 11) is 0. The molecular formula is C13H10ClO2. The number of benzene rings is 2. The van der Waals surface area contributed by atoms with Crippen molar-refractivity contribution >= 4 is 11.6 Å². The Kier molecular flexibility index (Phi) is 3.67. The third-order valence-electron chi connectivity index (χ3n) is 1.93. The summed E-state index contributed by atoms with van der Waals surface area (Å²) in [5.74, 6) is 1.39. The molecule has 2 aromatic carbocycles. The number of hydrogen-bond acceptors (Lipinski definition) is 2. The lowest BCUT2D eigenvalue weighted by atomic mass is 10.3. The average Bonchev–Trinajstić information content (AvgIpc) is 2.33. The van der Waals surface area contributed by atoms with Gasteiger partial charge in [0.25, 0.3) is 0 Å². The van der Waals surface area contributed by atoms with E-state index < -0.39 is 0 Å². The van der Waals surface area contributed by atoms with Crippen LogP contribution in [-0.4, -0.2) is 6.79 Å². The van der Waals surface area contributed by atoms with Gasteiger partial charge < -0.3 is 9.47 Å². The first kappa shape index (κ1) is 10.8. The lowest BCUT2D eigenvalue weighted by molar-refractivity contribution is 0.119. The highest BCUT2D eigenvalue weighted by Gasteiger charge is 1.94. The summed E-state index contributed by atoms with van der Waals surface area (Å²) >= 11 is 5.75. The molecule has 2 nitrogen and oxygen atoms in total. The normalized spacial score (nSPS) is 9.81. The van der Waals surface area contributed by atoms with E-state index in [2.05, 4.69) is 6.07 Å². The fourth-order valence-electron chi connectivity index (χ4n) is 1.16. The van der Waals surface area contributed by atoms with Gasteiger partial charge in [-0.15, -0.1) is 0 Å². The van der Waals surface area contributed by atoms with Gasteiger partial charge in [0.15, 0.2) is 0 Å². The zero-order chi connectivity index (χ0) is 11.2. The van der Waals surface area contributed by atoms with E-state index >= 15 is 0 Å². The number of hydrogen-bond donors (Lipinski definition) is 0. The maximum absolute atomic E-state index is 5.75. The van der Waals surface area contributed by atoms with Gasteiger partial charge in [-0.05, 0) is 30.3 Å². The molecule has 0 saturated heterocycles. The summed E-state index contributed by atoms with van der Waals surface area (Å²) in [5.41, 5.74) is 0. The van der Waals surface area contributed by atoms with Crippen LogP contribution in [0.25, 0.3) is 0 Å². The number of rotatable bonds is 4. The second kappa shape index (κ2) is 5.42. The Morgan fingerprint density at radius 2 is 1.81 bits per heavy atom. The van der Waals surface area contributed by atoms with Crippen molar-refractivity contribution in [3.63, 3.8) is 0 Å². The third kappa shape index (κ3) is 3.17. The molecule has 16 heavy (non-hydrogen) atoms. The Morgan fingerprint density at radius 3 is 2.50 bits per heavy atom. The van der Waals surface area contributed by atoms with E-state index in [-0.39, 0.29) is 6.79 Å². The summed E-state index contributed by atoms with van der Waals surface area (Å²) in [6.07, 6.45) is 0. The Labute approximate surface area is 99.4 Å². The predicted molar refractivity (Wildman–Crippen MR) is 62.9 cm³/mol. The van der Waals surface area contributed by atoms with Crippen LogP contribution >= 0.6 is 11.6 Å². The molecule has 0 aliphatic heterocycles. The molecule has 1 radical (unpaired) electrons. The Balaban J connectivity index is 1.82. The maximum Gasteiger partial charge on any atom is 0.230 e. The summed E-state index contributed by atoms with van der Waals surface area (Å²) in [4.78, 5) is 0. The molecule has 0 amide bonds. The molecule has 0 bridgehead atoms. The number of ether oxygens (including phenoxy) is 2. The van der Waals surface area contributed by atoms with Gasteiger partial charge in [0.1, 0.15) is 11.5 Å². The molecule has 0 atom stereocenters. The van der Waals surface area contributed by atoms with Gasteiger partial charge in [0.05, 0.1) is 0 Å². The highest BCUT2D eigenvalue weighted by Crippen LogP contribution is 2.16. The quantitative estimate of drug-likeness (QED) is 0.752. The van der Waals surface area contributed by atoms with Crippen molar-refractivity contribution < 1.29 is 9.47 Å². The van der Waals surface area contributed by atoms with E-state index in [1.165, 1.54) is 0 Å². The Hall–Kier alpha value is -1.67. The van der Waals surface area contributed by atoms with Gasteiger partial charge in [-0.3, -0.25) is 0 Å². The van der Waals surface area contributed by atoms with Crippen molar-refractivity contribution in [1.29, 1.82) is 0 Å².